The topological polar surface area (TPSA) is 0 Å². The Labute approximate surface area is 150 Å². The van der Waals surface area contributed by atoms with Gasteiger partial charge in [-0.15, -0.1) is 0 Å². The fourth-order valence-corrected chi connectivity index (χ4v) is 2.84. The van der Waals surface area contributed by atoms with Gasteiger partial charge in [0.1, 0.15) is 5.82 Å². The summed E-state index contributed by atoms with van der Waals surface area (Å²) in [6.07, 6.45) is -12.4. The molecule has 0 aliphatic rings. The molecular weight excluding hydrogens is 380 g/mol. The SMILES string of the molecule is CCc1[c]c(CC)c(-c2ccc(F)cc2)c(C(F)(C(F)(F)F)C(F)(F)F)c1. The van der Waals surface area contributed by atoms with Crippen LogP contribution in [0.2, 0.25) is 0 Å². The molecule has 2 aromatic rings. The van der Waals surface area contributed by atoms with Crippen LogP contribution in [-0.2, 0) is 18.5 Å². The Hall–Kier alpha value is -2.12. The van der Waals surface area contributed by atoms with Gasteiger partial charge in [-0.1, -0.05) is 32.0 Å². The Morgan fingerprint density at radius 3 is 1.74 bits per heavy atom. The molecule has 147 valence electrons. The zero-order chi connectivity index (χ0) is 20.6. The van der Waals surface area contributed by atoms with Crippen LogP contribution in [0.3, 0.4) is 0 Å². The fourth-order valence-electron chi connectivity index (χ4n) is 2.84. The Morgan fingerprint density at radius 1 is 0.815 bits per heavy atom. The van der Waals surface area contributed by atoms with Gasteiger partial charge in [0, 0.05) is 5.56 Å². The van der Waals surface area contributed by atoms with Gasteiger partial charge in [0.25, 0.3) is 0 Å². The second kappa shape index (κ2) is 7.13. The molecule has 0 saturated carbocycles. The maximum Gasteiger partial charge on any atom is 0.435 e. The first-order valence-corrected chi connectivity index (χ1v) is 8.03. The van der Waals surface area contributed by atoms with Crippen LogP contribution in [0.1, 0.15) is 30.5 Å². The van der Waals surface area contributed by atoms with Crippen molar-refractivity contribution in [2.24, 2.45) is 0 Å². The Balaban J connectivity index is 2.98. The lowest BCUT2D eigenvalue weighted by Gasteiger charge is -2.33. The van der Waals surface area contributed by atoms with E-state index in [0.29, 0.717) is 6.07 Å². The minimum atomic E-state index is -6.24. The lowest BCUT2D eigenvalue weighted by Crippen LogP contribution is -2.50. The van der Waals surface area contributed by atoms with Gasteiger partial charge in [-0.05, 0) is 53.3 Å². The van der Waals surface area contributed by atoms with E-state index in [1.54, 1.807) is 0 Å². The lowest BCUT2D eigenvalue weighted by molar-refractivity contribution is -0.348. The van der Waals surface area contributed by atoms with Crippen molar-refractivity contribution in [2.75, 3.05) is 0 Å². The predicted octanol–water partition coefficient (Wildman–Crippen LogP) is 6.71. The molecule has 1 radical (unpaired) electrons. The van der Waals surface area contributed by atoms with Gasteiger partial charge in [0.05, 0.1) is 0 Å². The molecular formula is C19H15F8. The number of halogens is 8. The van der Waals surface area contributed by atoms with Gasteiger partial charge in [-0.2, -0.15) is 26.3 Å². The summed E-state index contributed by atoms with van der Waals surface area (Å²) in [6, 6.07) is 7.08. The molecule has 0 bridgehead atoms. The van der Waals surface area contributed by atoms with E-state index in [0.717, 1.165) is 24.3 Å². The predicted molar refractivity (Wildman–Crippen MR) is 84.3 cm³/mol. The number of benzene rings is 2. The molecule has 8 heteroatoms. The van der Waals surface area contributed by atoms with Gasteiger partial charge in [0.15, 0.2) is 0 Å². The largest absolute Gasteiger partial charge is 0.435 e. The quantitative estimate of drug-likeness (QED) is 0.505. The van der Waals surface area contributed by atoms with Crippen LogP contribution >= 0.6 is 0 Å². The zero-order valence-electron chi connectivity index (χ0n) is 14.3. The van der Waals surface area contributed by atoms with Gasteiger partial charge >= 0.3 is 18.0 Å². The van der Waals surface area contributed by atoms with E-state index < -0.39 is 35.0 Å². The minimum Gasteiger partial charge on any atom is -0.218 e. The lowest BCUT2D eigenvalue weighted by atomic mass is 9.82. The van der Waals surface area contributed by atoms with Gasteiger partial charge < -0.3 is 0 Å². The van der Waals surface area contributed by atoms with E-state index in [9.17, 15) is 35.1 Å². The van der Waals surface area contributed by atoms with Gasteiger partial charge in [-0.25, -0.2) is 8.78 Å². The van der Waals surface area contributed by atoms with E-state index in [1.165, 1.54) is 13.8 Å². The van der Waals surface area contributed by atoms with Crippen molar-refractivity contribution in [2.45, 2.75) is 44.7 Å². The maximum absolute atomic E-state index is 14.9. The first-order valence-electron chi connectivity index (χ1n) is 8.03. The van der Waals surface area contributed by atoms with Crippen molar-refractivity contribution in [1.29, 1.82) is 0 Å². The van der Waals surface area contributed by atoms with Crippen molar-refractivity contribution in [1.82, 2.24) is 0 Å². The highest BCUT2D eigenvalue weighted by Crippen LogP contribution is 2.56. The molecule has 2 aromatic carbocycles. The highest BCUT2D eigenvalue weighted by Gasteiger charge is 2.74. The van der Waals surface area contributed by atoms with Crippen molar-refractivity contribution >= 4 is 0 Å². The Morgan fingerprint density at radius 2 is 1.33 bits per heavy atom. The van der Waals surface area contributed by atoms with Crippen LogP contribution in [0.5, 0.6) is 0 Å². The van der Waals surface area contributed by atoms with Gasteiger partial charge in [0.2, 0.25) is 0 Å². The summed E-state index contributed by atoms with van der Waals surface area (Å²) in [6.45, 7) is 3.01. The number of hydrogen-bond donors (Lipinski definition) is 0. The van der Waals surface area contributed by atoms with E-state index in [4.69, 9.17) is 0 Å². The zero-order valence-corrected chi connectivity index (χ0v) is 14.3. The molecule has 0 fully saturated rings. The van der Waals surface area contributed by atoms with Crippen LogP contribution in [0, 0.1) is 11.9 Å². The summed E-state index contributed by atoms with van der Waals surface area (Å²) in [5.41, 5.74) is -7.85. The third-order valence-corrected chi connectivity index (χ3v) is 4.22. The molecule has 0 amide bonds. The van der Waals surface area contributed by atoms with E-state index in [2.05, 4.69) is 6.07 Å². The van der Waals surface area contributed by atoms with Crippen molar-refractivity contribution in [3.05, 3.63) is 58.9 Å². The maximum atomic E-state index is 14.9. The average molecular weight is 395 g/mol. The highest BCUT2D eigenvalue weighted by molar-refractivity contribution is 5.73. The van der Waals surface area contributed by atoms with Gasteiger partial charge in [-0.3, -0.25) is 0 Å². The van der Waals surface area contributed by atoms with Crippen LogP contribution < -0.4 is 0 Å². The normalized spacial score (nSPS) is 13.1. The number of hydrogen-bond acceptors (Lipinski definition) is 0. The summed E-state index contributed by atoms with van der Waals surface area (Å²) >= 11 is 0. The monoisotopic (exact) mass is 395 g/mol. The standard InChI is InChI=1S/C19H15F8/c1-3-11-9-12(4-2)16(13-5-7-14(20)8-6-13)15(10-11)17(21,18(22,23)24)19(25,26)27/h5-8,10H,3-4H2,1-2H3. The minimum absolute atomic E-state index is 0.00789. The molecule has 0 nitrogen and oxygen atoms in total. The first-order chi connectivity index (χ1) is 12.4. The molecule has 2 rings (SSSR count). The number of rotatable bonds is 4. The van der Waals surface area contributed by atoms with E-state index in [1.807, 2.05) is 0 Å². The summed E-state index contributed by atoms with van der Waals surface area (Å²) < 4.78 is 108. The summed E-state index contributed by atoms with van der Waals surface area (Å²) in [7, 11) is 0. The van der Waals surface area contributed by atoms with E-state index in [-0.39, 0.29) is 29.5 Å². The molecule has 0 aromatic heterocycles. The van der Waals surface area contributed by atoms with Crippen LogP contribution in [0.15, 0.2) is 30.3 Å². The fraction of sp³-hybridized carbons (Fsp3) is 0.368. The molecule has 0 atom stereocenters. The molecule has 27 heavy (non-hydrogen) atoms. The van der Waals surface area contributed by atoms with Crippen LogP contribution in [0.4, 0.5) is 35.1 Å². The van der Waals surface area contributed by atoms with Crippen molar-refractivity contribution in [3.63, 3.8) is 0 Å². The van der Waals surface area contributed by atoms with Crippen LogP contribution in [0.25, 0.3) is 11.1 Å². The third kappa shape index (κ3) is 3.66. The average Bonchev–Trinajstić information content (AvgIpc) is 2.58. The van der Waals surface area contributed by atoms with Crippen LogP contribution in [-0.4, -0.2) is 12.4 Å². The molecule has 0 aliphatic carbocycles. The molecule has 0 N–H and O–H groups in total. The second-order valence-electron chi connectivity index (χ2n) is 5.93. The first kappa shape index (κ1) is 21.2. The smallest absolute Gasteiger partial charge is 0.218 e. The molecule has 0 unspecified atom stereocenters. The highest BCUT2D eigenvalue weighted by atomic mass is 19.4. The molecule has 0 heterocycles. The summed E-state index contributed by atoms with van der Waals surface area (Å²) in [5.74, 6) is -0.731. The number of aryl methyl sites for hydroxylation is 2. The second-order valence-corrected chi connectivity index (χ2v) is 5.93. The molecule has 0 aliphatic heterocycles. The van der Waals surface area contributed by atoms with Crippen molar-refractivity contribution in [3.8, 4) is 11.1 Å². The Kier molecular flexibility index (Phi) is 5.59. The summed E-state index contributed by atoms with van der Waals surface area (Å²) in [4.78, 5) is 0. The number of alkyl halides is 7. The third-order valence-electron chi connectivity index (χ3n) is 4.22. The molecule has 0 spiro atoms. The molecule has 0 saturated heterocycles. The Bertz CT molecular complexity index is 786. The van der Waals surface area contributed by atoms with Crippen molar-refractivity contribution < 1.29 is 35.1 Å². The van der Waals surface area contributed by atoms with E-state index >= 15 is 0 Å². The summed E-state index contributed by atoms with van der Waals surface area (Å²) in [5, 5.41) is 0.